The van der Waals surface area contributed by atoms with E-state index in [1.165, 1.54) is 19.1 Å². The van der Waals surface area contributed by atoms with E-state index in [4.69, 9.17) is 10.2 Å². The molecule has 1 aromatic carbocycles. The van der Waals surface area contributed by atoms with Gasteiger partial charge in [-0.15, -0.1) is 0 Å². The zero-order valence-corrected chi connectivity index (χ0v) is 8.46. The summed E-state index contributed by atoms with van der Waals surface area (Å²) in [5.41, 5.74) is 5.42. The number of alkyl halides is 2. The van der Waals surface area contributed by atoms with Gasteiger partial charge in [-0.3, -0.25) is 4.98 Å². The summed E-state index contributed by atoms with van der Waals surface area (Å²) in [6, 6.07) is 2.40. The first kappa shape index (κ1) is 10.8. The number of hydrogen-bond acceptors (Lipinski definition) is 3. The number of fused-ring (bicyclic) bond motifs is 1. The topological polar surface area (TPSA) is 72.0 Å². The lowest BCUT2D eigenvalue weighted by Gasteiger charge is -2.20. The molecule has 4 nitrogen and oxygen atoms in total. The van der Waals surface area contributed by atoms with E-state index in [2.05, 4.69) is 4.98 Å². The van der Waals surface area contributed by atoms with E-state index in [0.29, 0.717) is 5.52 Å². The molecule has 0 bridgehead atoms. The minimum atomic E-state index is -3.15. The molecule has 1 aromatic heterocycles. The molecule has 0 spiro atoms. The first-order valence-electron chi connectivity index (χ1n) is 4.68. The van der Waals surface area contributed by atoms with Gasteiger partial charge in [0.15, 0.2) is 5.58 Å². The highest BCUT2D eigenvalue weighted by Gasteiger charge is 2.36. The molecule has 6 heteroatoms. The third kappa shape index (κ3) is 1.61. The molecule has 1 heterocycles. The molecule has 3 N–H and O–H groups in total. The molecule has 0 aliphatic carbocycles. The Morgan fingerprint density at radius 3 is 2.81 bits per heavy atom. The van der Waals surface area contributed by atoms with Crippen molar-refractivity contribution in [2.75, 3.05) is 0 Å². The van der Waals surface area contributed by atoms with Gasteiger partial charge in [0.25, 0.3) is 5.92 Å². The summed E-state index contributed by atoms with van der Waals surface area (Å²) >= 11 is 0. The van der Waals surface area contributed by atoms with Crippen LogP contribution >= 0.6 is 0 Å². The highest BCUT2D eigenvalue weighted by atomic mass is 19.3. The maximum absolute atomic E-state index is 13.6. The molecule has 0 amide bonds. The number of halogens is 2. The average Bonchev–Trinajstić information content (AvgIpc) is 2.56. The van der Waals surface area contributed by atoms with Crippen molar-refractivity contribution in [1.29, 1.82) is 0 Å². The number of oxazole rings is 1. The fraction of sp³-hybridized carbons (Fsp3) is 0.300. The Labute approximate surface area is 89.1 Å². The van der Waals surface area contributed by atoms with Crippen molar-refractivity contribution in [3.8, 4) is 0 Å². The summed E-state index contributed by atoms with van der Waals surface area (Å²) < 4.78 is 31.8. The lowest BCUT2D eigenvalue weighted by Crippen LogP contribution is -2.35. The number of aromatic amines is 1. The van der Waals surface area contributed by atoms with E-state index < -0.39 is 17.7 Å². The van der Waals surface area contributed by atoms with Crippen LogP contribution in [-0.2, 0) is 5.92 Å². The van der Waals surface area contributed by atoms with Crippen molar-refractivity contribution in [3.05, 3.63) is 34.3 Å². The van der Waals surface area contributed by atoms with Crippen LogP contribution in [-0.4, -0.2) is 11.0 Å². The Morgan fingerprint density at radius 1 is 1.50 bits per heavy atom. The highest BCUT2D eigenvalue weighted by molar-refractivity contribution is 5.73. The summed E-state index contributed by atoms with van der Waals surface area (Å²) in [6.07, 6.45) is 0. The first-order valence-corrected chi connectivity index (χ1v) is 4.68. The molecule has 1 atom stereocenters. The van der Waals surface area contributed by atoms with Crippen molar-refractivity contribution >= 4 is 11.1 Å². The maximum atomic E-state index is 13.6. The second-order valence-corrected chi connectivity index (χ2v) is 3.64. The minimum Gasteiger partial charge on any atom is -0.408 e. The van der Waals surface area contributed by atoms with Gasteiger partial charge in [0.2, 0.25) is 0 Å². The van der Waals surface area contributed by atoms with Crippen molar-refractivity contribution in [1.82, 2.24) is 4.98 Å². The molecule has 0 aliphatic rings. The van der Waals surface area contributed by atoms with Crippen LogP contribution in [0.5, 0.6) is 0 Å². The zero-order chi connectivity index (χ0) is 11.9. The number of nitrogens with two attached hydrogens (primary N) is 1. The zero-order valence-electron chi connectivity index (χ0n) is 8.46. The predicted molar refractivity (Wildman–Crippen MR) is 54.4 cm³/mol. The van der Waals surface area contributed by atoms with Crippen LogP contribution in [0.25, 0.3) is 11.1 Å². The number of H-pyrrole nitrogens is 1. The van der Waals surface area contributed by atoms with Gasteiger partial charge in [-0.1, -0.05) is 6.07 Å². The highest BCUT2D eigenvalue weighted by Crippen LogP contribution is 2.32. The molecule has 0 fully saturated rings. The van der Waals surface area contributed by atoms with E-state index >= 15 is 0 Å². The molecule has 0 radical (unpaired) electrons. The van der Waals surface area contributed by atoms with E-state index in [1.807, 2.05) is 0 Å². The minimum absolute atomic E-state index is 0.0998. The number of aromatic nitrogens is 1. The van der Waals surface area contributed by atoms with Crippen LogP contribution in [0.3, 0.4) is 0 Å². The fourth-order valence-corrected chi connectivity index (χ4v) is 1.42. The quantitative estimate of drug-likeness (QED) is 0.819. The Hall–Kier alpha value is -1.69. The van der Waals surface area contributed by atoms with Crippen molar-refractivity contribution < 1.29 is 13.2 Å². The third-order valence-corrected chi connectivity index (χ3v) is 2.38. The van der Waals surface area contributed by atoms with Gasteiger partial charge >= 0.3 is 5.76 Å². The lowest BCUT2D eigenvalue weighted by molar-refractivity contribution is -0.0255. The van der Waals surface area contributed by atoms with Crippen molar-refractivity contribution in [3.63, 3.8) is 0 Å². The number of hydrogen-bond donors (Lipinski definition) is 2. The molecule has 1 unspecified atom stereocenters. The third-order valence-electron chi connectivity index (χ3n) is 2.38. The summed E-state index contributed by atoms with van der Waals surface area (Å²) in [7, 11) is 0. The summed E-state index contributed by atoms with van der Waals surface area (Å²) in [4.78, 5) is 13.2. The van der Waals surface area contributed by atoms with Crippen LogP contribution in [0.1, 0.15) is 12.5 Å². The predicted octanol–water partition coefficient (Wildman–Crippen LogP) is 1.56. The van der Waals surface area contributed by atoms with E-state index in [9.17, 15) is 13.6 Å². The Balaban J connectivity index is 2.58. The second kappa shape index (κ2) is 3.41. The standard InChI is InChI=1S/C10H10F2N2O2/c1-5(13)10(11,12)6-2-3-7-8(4-6)16-9(15)14-7/h2-5H,13H2,1H3,(H,14,15). The van der Waals surface area contributed by atoms with Gasteiger partial charge in [-0.25, -0.2) is 4.79 Å². The SMILES string of the molecule is CC(N)C(F)(F)c1ccc2[nH]c(=O)oc2c1. The van der Waals surface area contributed by atoms with Crippen LogP contribution in [0.4, 0.5) is 8.78 Å². The van der Waals surface area contributed by atoms with Crippen molar-refractivity contribution in [2.45, 2.75) is 18.9 Å². The molecular formula is C10H10F2N2O2. The normalized spacial score (nSPS) is 14.2. The molecule has 2 aromatic rings. The van der Waals surface area contributed by atoms with Gasteiger partial charge in [-0.05, 0) is 19.1 Å². The van der Waals surface area contributed by atoms with Crippen LogP contribution in [0.2, 0.25) is 0 Å². The lowest BCUT2D eigenvalue weighted by atomic mass is 10.0. The van der Waals surface area contributed by atoms with Gasteiger partial charge in [-0.2, -0.15) is 8.78 Å². The summed E-state index contributed by atoms with van der Waals surface area (Å²) in [5.74, 6) is -3.82. The molecular weight excluding hydrogens is 218 g/mol. The van der Waals surface area contributed by atoms with Gasteiger partial charge in [0, 0.05) is 5.56 Å². The summed E-state index contributed by atoms with van der Waals surface area (Å²) in [5, 5.41) is 0. The van der Waals surface area contributed by atoms with Gasteiger partial charge in [0.1, 0.15) is 0 Å². The van der Waals surface area contributed by atoms with E-state index in [-0.39, 0.29) is 11.1 Å². The number of rotatable bonds is 2. The molecule has 0 saturated carbocycles. The maximum Gasteiger partial charge on any atom is 0.417 e. The van der Waals surface area contributed by atoms with Crippen molar-refractivity contribution in [2.24, 2.45) is 5.73 Å². The molecule has 86 valence electrons. The second-order valence-electron chi connectivity index (χ2n) is 3.64. The van der Waals surface area contributed by atoms with Crippen LogP contribution < -0.4 is 11.5 Å². The van der Waals surface area contributed by atoms with Gasteiger partial charge < -0.3 is 10.2 Å². The molecule has 0 aliphatic heterocycles. The monoisotopic (exact) mass is 228 g/mol. The average molecular weight is 228 g/mol. The van der Waals surface area contributed by atoms with E-state index in [0.717, 1.165) is 6.07 Å². The van der Waals surface area contributed by atoms with Gasteiger partial charge in [0.05, 0.1) is 11.6 Å². The smallest absolute Gasteiger partial charge is 0.408 e. The summed E-state index contributed by atoms with van der Waals surface area (Å²) in [6.45, 7) is 1.22. The molecule has 16 heavy (non-hydrogen) atoms. The molecule has 0 saturated heterocycles. The van der Waals surface area contributed by atoms with Crippen LogP contribution in [0, 0.1) is 0 Å². The Bertz CT molecular complexity index is 571. The fourth-order valence-electron chi connectivity index (χ4n) is 1.42. The Kier molecular flexibility index (Phi) is 2.31. The number of nitrogens with one attached hydrogen (secondary N) is 1. The molecule has 2 rings (SSSR count). The number of benzene rings is 1. The largest absolute Gasteiger partial charge is 0.417 e. The Morgan fingerprint density at radius 2 is 2.19 bits per heavy atom. The van der Waals surface area contributed by atoms with Crippen LogP contribution in [0.15, 0.2) is 27.4 Å². The first-order chi connectivity index (χ1) is 7.41. The van der Waals surface area contributed by atoms with E-state index in [1.54, 1.807) is 0 Å².